The highest BCUT2D eigenvalue weighted by atomic mass is 16.5. The van der Waals surface area contributed by atoms with Crippen molar-refractivity contribution in [2.45, 2.75) is 32.2 Å². The van der Waals surface area contributed by atoms with Crippen LogP contribution in [0.5, 0.6) is 5.75 Å². The van der Waals surface area contributed by atoms with Crippen LogP contribution in [0.4, 0.5) is 0 Å². The molecule has 1 aliphatic heterocycles. The van der Waals surface area contributed by atoms with Gasteiger partial charge in [-0.2, -0.15) is 5.10 Å². The smallest absolute Gasteiger partial charge is 0.120 e. The van der Waals surface area contributed by atoms with Gasteiger partial charge in [-0.1, -0.05) is 0 Å². The number of hydrogen-bond donors (Lipinski definition) is 0. The van der Waals surface area contributed by atoms with Gasteiger partial charge in [-0.05, 0) is 61.7 Å². The minimum absolute atomic E-state index is 0.453. The van der Waals surface area contributed by atoms with Gasteiger partial charge in [0.1, 0.15) is 5.75 Å². The largest absolute Gasteiger partial charge is 0.497 e. The molecule has 6 heteroatoms. The van der Waals surface area contributed by atoms with Crippen LogP contribution in [-0.4, -0.2) is 44.4 Å². The predicted octanol–water partition coefficient (Wildman–Crippen LogP) is 4.67. The molecule has 0 spiro atoms. The number of ether oxygens (including phenoxy) is 1. The SMILES string of the molecule is COc1ccc2c(CN3CCC[C@@H](c4cc(-c5cnn(C)c5)cc(C)n4)C3)cn(C)c2c1. The first-order valence-electron chi connectivity index (χ1n) is 11.3. The molecule has 1 fully saturated rings. The summed E-state index contributed by atoms with van der Waals surface area (Å²) in [4.78, 5) is 7.52. The summed E-state index contributed by atoms with van der Waals surface area (Å²) in [7, 11) is 5.79. The van der Waals surface area contributed by atoms with E-state index in [9.17, 15) is 0 Å². The van der Waals surface area contributed by atoms with Crippen LogP contribution in [0, 0.1) is 6.92 Å². The van der Waals surface area contributed by atoms with Crippen LogP contribution in [0.3, 0.4) is 0 Å². The number of benzene rings is 1. The minimum Gasteiger partial charge on any atom is -0.497 e. The molecule has 1 aliphatic rings. The highest BCUT2D eigenvalue weighted by Crippen LogP contribution is 2.32. The Bertz CT molecular complexity index is 1250. The molecule has 0 amide bonds. The molecular formula is C26H31N5O. The van der Waals surface area contributed by atoms with Gasteiger partial charge in [0.05, 0.1) is 18.8 Å². The number of methoxy groups -OCH3 is 1. The molecule has 4 aromatic rings. The summed E-state index contributed by atoms with van der Waals surface area (Å²) in [5.74, 6) is 1.35. The maximum Gasteiger partial charge on any atom is 0.120 e. The summed E-state index contributed by atoms with van der Waals surface area (Å²) in [6.07, 6.45) is 8.65. The van der Waals surface area contributed by atoms with E-state index in [-0.39, 0.29) is 0 Å². The van der Waals surface area contributed by atoms with Crippen molar-refractivity contribution in [3.8, 4) is 16.9 Å². The summed E-state index contributed by atoms with van der Waals surface area (Å²) in [6.45, 7) is 5.22. The lowest BCUT2D eigenvalue weighted by molar-refractivity contribution is 0.199. The van der Waals surface area contributed by atoms with Crippen LogP contribution in [0.1, 0.15) is 35.7 Å². The molecule has 0 unspecified atom stereocenters. The fraction of sp³-hybridized carbons (Fsp3) is 0.385. The normalized spacial score (nSPS) is 17.2. The minimum atomic E-state index is 0.453. The van der Waals surface area contributed by atoms with E-state index in [2.05, 4.69) is 71.3 Å². The van der Waals surface area contributed by atoms with Crippen LogP contribution < -0.4 is 4.74 Å². The molecule has 1 saturated heterocycles. The number of aromatic nitrogens is 4. The second-order valence-corrected chi connectivity index (χ2v) is 9.05. The highest BCUT2D eigenvalue weighted by molar-refractivity contribution is 5.85. The number of rotatable bonds is 5. The number of fused-ring (bicyclic) bond motifs is 1. The van der Waals surface area contributed by atoms with E-state index in [0.29, 0.717) is 5.92 Å². The topological polar surface area (TPSA) is 48.1 Å². The van der Waals surface area contributed by atoms with Gasteiger partial charge >= 0.3 is 0 Å². The fourth-order valence-electron chi connectivity index (χ4n) is 5.02. The predicted molar refractivity (Wildman–Crippen MR) is 128 cm³/mol. The number of likely N-dealkylation sites (tertiary alicyclic amines) is 1. The summed E-state index contributed by atoms with van der Waals surface area (Å²) >= 11 is 0. The van der Waals surface area contributed by atoms with Gasteiger partial charge in [0.15, 0.2) is 0 Å². The summed E-state index contributed by atoms with van der Waals surface area (Å²) in [5, 5.41) is 5.65. The Labute approximate surface area is 189 Å². The van der Waals surface area contributed by atoms with E-state index >= 15 is 0 Å². The van der Waals surface area contributed by atoms with E-state index in [0.717, 1.165) is 36.6 Å². The number of nitrogens with zero attached hydrogens (tertiary/aromatic N) is 5. The van der Waals surface area contributed by atoms with Crippen molar-refractivity contribution >= 4 is 10.9 Å². The lowest BCUT2D eigenvalue weighted by Gasteiger charge is -2.32. The third-order valence-corrected chi connectivity index (χ3v) is 6.61. The van der Waals surface area contributed by atoms with Gasteiger partial charge in [0, 0.05) is 73.9 Å². The molecule has 4 heterocycles. The van der Waals surface area contributed by atoms with Crippen molar-refractivity contribution in [1.82, 2.24) is 24.2 Å². The summed E-state index contributed by atoms with van der Waals surface area (Å²) in [6, 6.07) is 10.8. The Morgan fingerprint density at radius 2 is 1.97 bits per heavy atom. The second-order valence-electron chi connectivity index (χ2n) is 9.05. The van der Waals surface area contributed by atoms with Gasteiger partial charge in [-0.15, -0.1) is 0 Å². The number of hydrogen-bond acceptors (Lipinski definition) is 4. The highest BCUT2D eigenvalue weighted by Gasteiger charge is 2.24. The van der Waals surface area contributed by atoms with E-state index < -0.39 is 0 Å². The Kier molecular flexibility index (Phi) is 5.47. The van der Waals surface area contributed by atoms with Crippen LogP contribution in [-0.2, 0) is 20.6 Å². The van der Waals surface area contributed by atoms with E-state index in [4.69, 9.17) is 9.72 Å². The fourth-order valence-corrected chi connectivity index (χ4v) is 5.02. The van der Waals surface area contributed by atoms with Crippen LogP contribution in [0.25, 0.3) is 22.0 Å². The zero-order valence-electron chi connectivity index (χ0n) is 19.4. The molecule has 3 aromatic heterocycles. The quantitative estimate of drug-likeness (QED) is 0.463. The third-order valence-electron chi connectivity index (χ3n) is 6.61. The van der Waals surface area contributed by atoms with Crippen LogP contribution >= 0.6 is 0 Å². The number of piperidine rings is 1. The second kappa shape index (κ2) is 8.43. The zero-order valence-corrected chi connectivity index (χ0v) is 19.4. The first kappa shape index (κ1) is 20.8. The molecular weight excluding hydrogens is 398 g/mol. The Hall–Kier alpha value is -3.12. The summed E-state index contributed by atoms with van der Waals surface area (Å²) < 4.78 is 9.48. The first-order valence-corrected chi connectivity index (χ1v) is 11.3. The Morgan fingerprint density at radius 1 is 1.09 bits per heavy atom. The van der Waals surface area contributed by atoms with Gasteiger partial charge in [0.2, 0.25) is 0 Å². The van der Waals surface area contributed by atoms with Gasteiger partial charge in [-0.3, -0.25) is 14.6 Å². The molecule has 0 radical (unpaired) electrons. The van der Waals surface area contributed by atoms with Crippen molar-refractivity contribution in [3.63, 3.8) is 0 Å². The Morgan fingerprint density at radius 3 is 2.75 bits per heavy atom. The molecule has 32 heavy (non-hydrogen) atoms. The average Bonchev–Trinajstić information content (AvgIpc) is 3.36. The molecule has 5 rings (SSSR count). The average molecular weight is 430 g/mol. The van der Waals surface area contributed by atoms with Gasteiger partial charge in [-0.25, -0.2) is 0 Å². The maximum atomic E-state index is 5.42. The summed E-state index contributed by atoms with van der Waals surface area (Å²) in [5.41, 5.74) is 7.23. The molecule has 1 aromatic carbocycles. The van der Waals surface area contributed by atoms with E-state index in [1.165, 1.54) is 40.6 Å². The zero-order chi connectivity index (χ0) is 22.2. The van der Waals surface area contributed by atoms with Crippen LogP contribution in [0.15, 0.2) is 48.9 Å². The molecule has 0 N–H and O–H groups in total. The third kappa shape index (κ3) is 4.02. The molecule has 6 nitrogen and oxygen atoms in total. The molecule has 1 atom stereocenters. The molecule has 0 aliphatic carbocycles. The van der Waals surface area contributed by atoms with Crippen molar-refractivity contribution in [2.24, 2.45) is 14.1 Å². The van der Waals surface area contributed by atoms with E-state index in [1.807, 2.05) is 17.9 Å². The standard InChI is InChI=1S/C26H31N5O/c1-18-10-20(21-13-27-30(3)15-21)11-25(28-18)19-6-5-9-31(16-19)17-22-14-29(2)26-12-23(32-4)7-8-24(22)26/h7-8,10-15,19H,5-6,9,16-17H2,1-4H3/t19-/m1/s1. The first-order chi connectivity index (χ1) is 15.5. The maximum absolute atomic E-state index is 5.42. The van der Waals surface area contributed by atoms with Gasteiger partial charge in [0.25, 0.3) is 0 Å². The Balaban J connectivity index is 1.37. The lowest BCUT2D eigenvalue weighted by atomic mass is 9.92. The van der Waals surface area contributed by atoms with Crippen molar-refractivity contribution in [1.29, 1.82) is 0 Å². The lowest BCUT2D eigenvalue weighted by Crippen LogP contribution is -2.34. The van der Waals surface area contributed by atoms with Crippen molar-refractivity contribution in [3.05, 3.63) is 65.9 Å². The van der Waals surface area contributed by atoms with Gasteiger partial charge < -0.3 is 9.30 Å². The monoisotopic (exact) mass is 429 g/mol. The molecule has 166 valence electrons. The van der Waals surface area contributed by atoms with Crippen molar-refractivity contribution in [2.75, 3.05) is 20.2 Å². The molecule has 0 bridgehead atoms. The molecule has 0 saturated carbocycles. The number of pyridine rings is 1. The van der Waals surface area contributed by atoms with Crippen molar-refractivity contribution < 1.29 is 4.74 Å². The van der Waals surface area contributed by atoms with Crippen LogP contribution in [0.2, 0.25) is 0 Å². The number of aryl methyl sites for hydroxylation is 3. The van der Waals surface area contributed by atoms with E-state index in [1.54, 1.807) is 7.11 Å².